The van der Waals surface area contributed by atoms with E-state index in [1.807, 2.05) is 0 Å². The molecular weight excluding hydrogens is 508 g/mol. The largest absolute Gasteiger partial charge is 0.381 e. The maximum Gasteiger partial charge on any atom is 0.366 e. The van der Waals surface area contributed by atoms with E-state index in [0.717, 1.165) is 36.4 Å². The van der Waals surface area contributed by atoms with Crippen LogP contribution in [0.15, 0.2) is 45.7 Å². The fraction of sp³-hybridized carbons (Fsp3) is 0.375. The zero-order valence-corrected chi connectivity index (χ0v) is 19.9. The number of aromatic nitrogens is 1. The second-order valence-electron chi connectivity index (χ2n) is 8.84. The first kappa shape index (κ1) is 26.1. The zero-order chi connectivity index (χ0) is 26.5. The third-order valence-electron chi connectivity index (χ3n) is 6.70. The van der Waals surface area contributed by atoms with Gasteiger partial charge in [-0.15, -0.1) is 5.12 Å². The molecule has 0 aliphatic carbocycles. The van der Waals surface area contributed by atoms with E-state index in [9.17, 15) is 19.1 Å². The average Bonchev–Trinajstić information content (AvgIpc) is 2.86. The molecule has 2 heterocycles. The number of aryl methyl sites for hydroxylation is 1. The van der Waals surface area contributed by atoms with Gasteiger partial charge >= 0.3 is 5.63 Å². The Labute approximate surface area is 207 Å². The molecule has 0 saturated carbocycles. The van der Waals surface area contributed by atoms with Crippen LogP contribution in [0.1, 0.15) is 31.0 Å². The summed E-state index contributed by atoms with van der Waals surface area (Å²) in [5.41, 5.74) is -7.42. The third-order valence-corrected chi connectivity index (χ3v) is 7.03. The lowest BCUT2D eigenvalue weighted by molar-refractivity contribution is -0.226. The molecule has 1 aromatic heterocycles. The first-order chi connectivity index (χ1) is 16.8. The van der Waals surface area contributed by atoms with Crippen molar-refractivity contribution in [1.29, 1.82) is 0 Å². The fourth-order valence-electron chi connectivity index (χ4n) is 4.59. The Hall–Kier alpha value is -3.02. The molecule has 1 fully saturated rings. The van der Waals surface area contributed by atoms with Crippen LogP contribution in [-0.2, 0) is 14.9 Å². The quantitative estimate of drug-likeness (QED) is 0.383. The van der Waals surface area contributed by atoms with Crippen LogP contribution in [0, 0.1) is 12.7 Å². The van der Waals surface area contributed by atoms with E-state index >= 15 is 13.3 Å². The number of rotatable bonds is 5. The van der Waals surface area contributed by atoms with Crippen LogP contribution < -0.4 is 10.7 Å². The molecule has 3 aromatic rings. The zero-order valence-electron chi connectivity index (χ0n) is 19.2. The summed E-state index contributed by atoms with van der Waals surface area (Å²) in [5.74, 6) is -7.16. The molecule has 192 valence electrons. The summed E-state index contributed by atoms with van der Waals surface area (Å²) in [6.45, 7) is 1.58. The van der Waals surface area contributed by atoms with Crippen molar-refractivity contribution in [2.45, 2.75) is 43.6 Å². The molecule has 0 radical (unpaired) electrons. The molecule has 1 aliphatic rings. The Morgan fingerprint density at radius 1 is 1.17 bits per heavy atom. The van der Waals surface area contributed by atoms with Crippen LogP contribution in [0.5, 0.6) is 0 Å². The highest BCUT2D eigenvalue weighted by Crippen LogP contribution is 2.54. The molecular formula is C24H21ClF4N2O5. The van der Waals surface area contributed by atoms with Crippen LogP contribution in [0.25, 0.3) is 10.8 Å². The lowest BCUT2D eigenvalue weighted by Crippen LogP contribution is -2.66. The van der Waals surface area contributed by atoms with Crippen molar-refractivity contribution < 1.29 is 36.8 Å². The molecule has 1 N–H and O–H groups in total. The SMILES string of the molecule is Cc1noc(=O)c2ccc(N(F)C(=O)C(C)(O)C(F)(F)C3(c4cc(F)ccc4Cl)CCOCC3)cc12. The Morgan fingerprint density at radius 2 is 1.83 bits per heavy atom. The molecule has 0 bridgehead atoms. The Balaban J connectivity index is 1.79. The predicted molar refractivity (Wildman–Crippen MR) is 122 cm³/mol. The molecule has 1 atom stereocenters. The number of anilines is 1. The summed E-state index contributed by atoms with van der Waals surface area (Å²) in [4.78, 5) is 24.9. The van der Waals surface area contributed by atoms with Gasteiger partial charge in [0.15, 0.2) is 0 Å². The number of hydrogen-bond donors (Lipinski definition) is 1. The summed E-state index contributed by atoms with van der Waals surface area (Å²) in [6, 6.07) is 6.09. The van der Waals surface area contributed by atoms with E-state index in [0.29, 0.717) is 6.92 Å². The number of hydrogen-bond acceptors (Lipinski definition) is 6. The number of benzene rings is 2. The van der Waals surface area contributed by atoms with Crippen molar-refractivity contribution in [3.8, 4) is 0 Å². The molecule has 12 heteroatoms. The van der Waals surface area contributed by atoms with Gasteiger partial charge in [-0.25, -0.2) is 18.0 Å². The van der Waals surface area contributed by atoms with E-state index < -0.39 is 57.9 Å². The van der Waals surface area contributed by atoms with Gasteiger partial charge in [-0.3, -0.25) is 4.79 Å². The minimum atomic E-state index is -4.34. The van der Waals surface area contributed by atoms with Crippen LogP contribution in [0.2, 0.25) is 5.02 Å². The third kappa shape index (κ3) is 3.95. The number of halogens is 5. The van der Waals surface area contributed by atoms with Crippen molar-refractivity contribution in [3.05, 3.63) is 68.9 Å². The van der Waals surface area contributed by atoms with E-state index in [-0.39, 0.29) is 40.3 Å². The normalized spacial score (nSPS) is 17.6. The van der Waals surface area contributed by atoms with Gasteiger partial charge in [0.25, 0.3) is 11.8 Å². The lowest BCUT2D eigenvalue weighted by atomic mass is 9.64. The Morgan fingerprint density at radius 3 is 2.50 bits per heavy atom. The molecule has 1 amide bonds. The predicted octanol–water partition coefficient (Wildman–Crippen LogP) is 4.64. The van der Waals surface area contributed by atoms with Gasteiger partial charge < -0.3 is 14.4 Å². The molecule has 36 heavy (non-hydrogen) atoms. The number of carbonyl (C=O) groups excluding carboxylic acids is 1. The first-order valence-electron chi connectivity index (χ1n) is 10.9. The van der Waals surface area contributed by atoms with Crippen molar-refractivity contribution in [2.75, 3.05) is 18.3 Å². The van der Waals surface area contributed by atoms with Crippen LogP contribution in [-0.4, -0.2) is 40.9 Å². The van der Waals surface area contributed by atoms with Crippen LogP contribution in [0.3, 0.4) is 0 Å². The standard InChI is InChI=1S/C24H21ClF4N2O5/c1-13-17-12-15(4-5-16(17)20(32)36-30-13)31(29)21(33)22(2,34)24(27,28)23(7-9-35-10-8-23)18-11-14(26)3-6-19(18)25/h3-6,11-12,34H,7-10H2,1-2H3. The number of alkyl halides is 2. The number of carbonyl (C=O) groups is 1. The highest BCUT2D eigenvalue weighted by molar-refractivity contribution is 6.31. The Kier molecular flexibility index (Phi) is 6.61. The number of ether oxygens (including phenoxy) is 1. The highest BCUT2D eigenvalue weighted by Gasteiger charge is 2.68. The summed E-state index contributed by atoms with van der Waals surface area (Å²) < 4.78 is 71.7. The van der Waals surface area contributed by atoms with Crippen molar-refractivity contribution in [3.63, 3.8) is 0 Å². The van der Waals surface area contributed by atoms with Crippen LogP contribution in [0.4, 0.5) is 23.3 Å². The van der Waals surface area contributed by atoms with Gasteiger partial charge in [-0.1, -0.05) is 21.2 Å². The Bertz CT molecular complexity index is 1390. The van der Waals surface area contributed by atoms with Crippen molar-refractivity contribution in [2.24, 2.45) is 0 Å². The number of fused-ring (bicyclic) bond motifs is 1. The second kappa shape index (κ2) is 9.13. The molecule has 7 nitrogen and oxygen atoms in total. The van der Waals surface area contributed by atoms with E-state index in [2.05, 4.69) is 9.68 Å². The summed E-state index contributed by atoms with van der Waals surface area (Å²) >= 11 is 6.17. The second-order valence-corrected chi connectivity index (χ2v) is 9.24. The van der Waals surface area contributed by atoms with Gasteiger partial charge in [0, 0.05) is 23.6 Å². The number of nitrogens with zero attached hydrogens (tertiary/aromatic N) is 2. The van der Waals surface area contributed by atoms with E-state index in [4.69, 9.17) is 16.3 Å². The minimum absolute atomic E-state index is 0.0334. The molecule has 1 aliphatic heterocycles. The lowest BCUT2D eigenvalue weighted by Gasteiger charge is -2.48. The molecule has 1 saturated heterocycles. The fourth-order valence-corrected chi connectivity index (χ4v) is 4.88. The maximum atomic E-state index is 16.3. The number of amides is 1. The molecule has 4 rings (SSSR count). The smallest absolute Gasteiger partial charge is 0.366 e. The van der Waals surface area contributed by atoms with Gasteiger partial charge in [0.05, 0.1) is 22.2 Å². The van der Waals surface area contributed by atoms with Crippen LogP contribution >= 0.6 is 11.6 Å². The maximum absolute atomic E-state index is 16.3. The summed E-state index contributed by atoms with van der Waals surface area (Å²) in [6.07, 6.45) is -0.842. The summed E-state index contributed by atoms with van der Waals surface area (Å²) in [7, 11) is 0. The van der Waals surface area contributed by atoms with Crippen molar-refractivity contribution >= 4 is 34.0 Å². The minimum Gasteiger partial charge on any atom is -0.381 e. The monoisotopic (exact) mass is 528 g/mol. The molecule has 1 unspecified atom stereocenters. The molecule has 0 spiro atoms. The molecule has 2 aromatic carbocycles. The van der Waals surface area contributed by atoms with E-state index in [1.54, 1.807) is 0 Å². The topological polar surface area (TPSA) is 92.9 Å². The average molecular weight is 529 g/mol. The summed E-state index contributed by atoms with van der Waals surface area (Å²) in [5, 5.41) is 13.8. The number of aliphatic hydroxyl groups is 1. The van der Waals surface area contributed by atoms with Gasteiger partial charge in [-0.05, 0) is 68.7 Å². The van der Waals surface area contributed by atoms with Crippen molar-refractivity contribution in [1.82, 2.24) is 5.16 Å². The van der Waals surface area contributed by atoms with Gasteiger partial charge in [0.1, 0.15) is 5.82 Å². The highest BCUT2D eigenvalue weighted by atomic mass is 35.5. The van der Waals surface area contributed by atoms with E-state index in [1.165, 1.54) is 6.92 Å². The van der Waals surface area contributed by atoms with Gasteiger partial charge in [-0.2, -0.15) is 0 Å². The van der Waals surface area contributed by atoms with Gasteiger partial charge in [0.2, 0.25) is 5.60 Å². The first-order valence-corrected chi connectivity index (χ1v) is 11.3.